The van der Waals surface area contributed by atoms with Gasteiger partial charge < -0.3 is 5.32 Å². The van der Waals surface area contributed by atoms with E-state index in [-0.39, 0.29) is 0 Å². The molecule has 0 saturated heterocycles. The van der Waals surface area contributed by atoms with E-state index in [1.165, 1.54) is 38.8 Å². The van der Waals surface area contributed by atoms with E-state index >= 15 is 0 Å². The van der Waals surface area contributed by atoms with Crippen LogP contribution in [-0.2, 0) is 0 Å². The zero-order valence-electron chi connectivity index (χ0n) is 11.6. The molecule has 0 spiro atoms. The number of hydrogen-bond acceptors (Lipinski definition) is 2. The molecule has 1 aliphatic carbocycles. The average molecular weight is 226 g/mol. The van der Waals surface area contributed by atoms with Gasteiger partial charge in [0.2, 0.25) is 0 Å². The van der Waals surface area contributed by atoms with Crippen LogP contribution in [0.4, 0.5) is 0 Å². The maximum absolute atomic E-state index is 3.61. The summed E-state index contributed by atoms with van der Waals surface area (Å²) >= 11 is 0. The minimum atomic E-state index is 0.657. The minimum Gasteiger partial charge on any atom is -0.313 e. The molecule has 0 bridgehead atoms. The van der Waals surface area contributed by atoms with Gasteiger partial charge in [-0.1, -0.05) is 20.3 Å². The highest BCUT2D eigenvalue weighted by molar-refractivity contribution is 4.77. The fraction of sp³-hybridized carbons (Fsp3) is 1.00. The molecule has 1 saturated carbocycles. The summed E-state index contributed by atoms with van der Waals surface area (Å²) in [4.78, 5) is 2.64. The summed E-state index contributed by atoms with van der Waals surface area (Å²) in [5, 5.41) is 3.61. The molecule has 0 aromatic carbocycles. The second-order valence-electron chi connectivity index (χ2n) is 5.45. The summed E-state index contributed by atoms with van der Waals surface area (Å²) in [7, 11) is 0. The first-order chi connectivity index (χ1) is 7.67. The quantitative estimate of drug-likeness (QED) is 0.684. The lowest BCUT2D eigenvalue weighted by atomic mass is 9.85. The standard InChI is InChI=1S/C14H30N2/c1-5-12(3)15-10-13(4)16(6-2)11-14-8-7-9-14/h12-15H,5-11H2,1-4H3. The van der Waals surface area contributed by atoms with Gasteiger partial charge in [-0.15, -0.1) is 0 Å². The van der Waals surface area contributed by atoms with Crippen LogP contribution in [0.25, 0.3) is 0 Å². The number of nitrogens with one attached hydrogen (secondary N) is 1. The van der Waals surface area contributed by atoms with Crippen molar-refractivity contribution in [2.75, 3.05) is 19.6 Å². The largest absolute Gasteiger partial charge is 0.313 e. The van der Waals surface area contributed by atoms with Crippen LogP contribution >= 0.6 is 0 Å². The molecule has 0 radical (unpaired) electrons. The lowest BCUT2D eigenvalue weighted by Gasteiger charge is -2.35. The molecule has 1 N–H and O–H groups in total. The van der Waals surface area contributed by atoms with Gasteiger partial charge in [0.05, 0.1) is 0 Å². The summed E-state index contributed by atoms with van der Waals surface area (Å²) in [6.45, 7) is 12.8. The van der Waals surface area contributed by atoms with E-state index < -0.39 is 0 Å². The number of likely N-dealkylation sites (N-methyl/N-ethyl adjacent to an activating group) is 1. The molecule has 0 aliphatic heterocycles. The summed E-state index contributed by atoms with van der Waals surface area (Å²) in [5.41, 5.74) is 0. The van der Waals surface area contributed by atoms with Gasteiger partial charge in [-0.25, -0.2) is 0 Å². The maximum Gasteiger partial charge on any atom is 0.0192 e. The summed E-state index contributed by atoms with van der Waals surface area (Å²) in [6.07, 6.45) is 5.60. The Balaban J connectivity index is 2.21. The number of rotatable bonds is 8. The van der Waals surface area contributed by atoms with Crippen LogP contribution in [0.2, 0.25) is 0 Å². The molecule has 2 unspecified atom stereocenters. The molecule has 2 heteroatoms. The Kier molecular flexibility index (Phi) is 6.37. The smallest absolute Gasteiger partial charge is 0.0192 e. The van der Waals surface area contributed by atoms with Crippen molar-refractivity contribution in [1.29, 1.82) is 0 Å². The highest BCUT2D eigenvalue weighted by Crippen LogP contribution is 2.27. The minimum absolute atomic E-state index is 0.657. The number of nitrogens with zero attached hydrogens (tertiary/aromatic N) is 1. The number of hydrogen-bond donors (Lipinski definition) is 1. The van der Waals surface area contributed by atoms with Crippen molar-refractivity contribution in [3.8, 4) is 0 Å². The topological polar surface area (TPSA) is 15.3 Å². The Morgan fingerprint density at radius 1 is 1.25 bits per heavy atom. The molecular weight excluding hydrogens is 196 g/mol. The maximum atomic E-state index is 3.61. The van der Waals surface area contributed by atoms with Gasteiger partial charge in [0.15, 0.2) is 0 Å². The fourth-order valence-electron chi connectivity index (χ4n) is 2.27. The van der Waals surface area contributed by atoms with Crippen molar-refractivity contribution in [2.24, 2.45) is 5.92 Å². The second kappa shape index (κ2) is 7.29. The van der Waals surface area contributed by atoms with Crippen LogP contribution in [0, 0.1) is 5.92 Å². The van der Waals surface area contributed by atoms with Gasteiger partial charge in [0.1, 0.15) is 0 Å². The third kappa shape index (κ3) is 4.42. The van der Waals surface area contributed by atoms with E-state index in [0.717, 1.165) is 12.5 Å². The van der Waals surface area contributed by atoms with Crippen molar-refractivity contribution in [3.05, 3.63) is 0 Å². The molecule has 0 amide bonds. The van der Waals surface area contributed by atoms with Crippen LogP contribution < -0.4 is 5.32 Å². The molecule has 1 rings (SSSR count). The van der Waals surface area contributed by atoms with Crippen molar-refractivity contribution >= 4 is 0 Å². The van der Waals surface area contributed by atoms with E-state index in [9.17, 15) is 0 Å². The Bertz CT molecular complexity index is 178. The molecule has 1 fully saturated rings. The molecule has 16 heavy (non-hydrogen) atoms. The van der Waals surface area contributed by atoms with E-state index in [1.54, 1.807) is 0 Å². The Labute approximate surface area is 102 Å². The third-order valence-corrected chi connectivity index (χ3v) is 4.12. The van der Waals surface area contributed by atoms with Gasteiger partial charge in [-0.2, -0.15) is 0 Å². The highest BCUT2D eigenvalue weighted by Gasteiger charge is 2.22. The van der Waals surface area contributed by atoms with Crippen LogP contribution in [0.1, 0.15) is 53.4 Å². The molecule has 2 atom stereocenters. The highest BCUT2D eigenvalue weighted by atomic mass is 15.2. The van der Waals surface area contributed by atoms with Crippen LogP contribution in [0.3, 0.4) is 0 Å². The first-order valence-electron chi connectivity index (χ1n) is 7.14. The first kappa shape index (κ1) is 14.0. The van der Waals surface area contributed by atoms with E-state index in [2.05, 4.69) is 37.9 Å². The molecule has 2 nitrogen and oxygen atoms in total. The van der Waals surface area contributed by atoms with Gasteiger partial charge >= 0.3 is 0 Å². The van der Waals surface area contributed by atoms with Gasteiger partial charge in [-0.05, 0) is 45.6 Å². The predicted molar refractivity (Wildman–Crippen MR) is 71.8 cm³/mol. The van der Waals surface area contributed by atoms with Crippen LogP contribution in [-0.4, -0.2) is 36.6 Å². The molecule has 0 aromatic rings. The molecule has 96 valence electrons. The lowest BCUT2D eigenvalue weighted by Crippen LogP contribution is -2.45. The monoisotopic (exact) mass is 226 g/mol. The normalized spacial score (nSPS) is 20.8. The van der Waals surface area contributed by atoms with Crippen LogP contribution in [0.15, 0.2) is 0 Å². The van der Waals surface area contributed by atoms with Crippen molar-refractivity contribution < 1.29 is 0 Å². The van der Waals surface area contributed by atoms with Crippen LogP contribution in [0.5, 0.6) is 0 Å². The van der Waals surface area contributed by atoms with E-state index in [4.69, 9.17) is 0 Å². The fourth-order valence-corrected chi connectivity index (χ4v) is 2.27. The van der Waals surface area contributed by atoms with Crippen molar-refractivity contribution in [1.82, 2.24) is 10.2 Å². The summed E-state index contributed by atoms with van der Waals surface area (Å²) in [6, 6.07) is 1.34. The van der Waals surface area contributed by atoms with Gasteiger partial charge in [0.25, 0.3) is 0 Å². The zero-order chi connectivity index (χ0) is 12.0. The van der Waals surface area contributed by atoms with Gasteiger partial charge in [0, 0.05) is 25.2 Å². The predicted octanol–water partition coefficient (Wildman–Crippen LogP) is 2.89. The lowest BCUT2D eigenvalue weighted by molar-refractivity contribution is 0.143. The average Bonchev–Trinajstić information content (AvgIpc) is 2.24. The molecule has 0 aromatic heterocycles. The Morgan fingerprint density at radius 2 is 1.94 bits per heavy atom. The second-order valence-corrected chi connectivity index (χ2v) is 5.45. The van der Waals surface area contributed by atoms with Gasteiger partial charge in [-0.3, -0.25) is 4.90 Å². The Morgan fingerprint density at radius 3 is 2.38 bits per heavy atom. The SMILES string of the molecule is CCC(C)NCC(C)N(CC)CC1CCC1. The third-order valence-electron chi connectivity index (χ3n) is 4.12. The van der Waals surface area contributed by atoms with Crippen molar-refractivity contribution in [3.63, 3.8) is 0 Å². The first-order valence-corrected chi connectivity index (χ1v) is 7.14. The Hall–Kier alpha value is -0.0800. The van der Waals surface area contributed by atoms with E-state index in [0.29, 0.717) is 12.1 Å². The molecule has 0 heterocycles. The summed E-state index contributed by atoms with van der Waals surface area (Å²) in [5.74, 6) is 0.992. The summed E-state index contributed by atoms with van der Waals surface area (Å²) < 4.78 is 0. The van der Waals surface area contributed by atoms with Crippen molar-refractivity contribution in [2.45, 2.75) is 65.5 Å². The van der Waals surface area contributed by atoms with E-state index in [1.807, 2.05) is 0 Å². The zero-order valence-corrected chi connectivity index (χ0v) is 11.6. The molecular formula is C14H30N2. The molecule has 1 aliphatic rings.